The molecule has 25 heavy (non-hydrogen) atoms. The van der Waals surface area contributed by atoms with Crippen molar-refractivity contribution in [1.82, 2.24) is 15.6 Å². The van der Waals surface area contributed by atoms with Crippen LogP contribution in [0.5, 0.6) is 0 Å². The molecule has 1 aromatic heterocycles. The lowest BCUT2D eigenvalue weighted by Crippen LogP contribution is -2.45. The molecule has 136 valence electrons. The molecule has 2 rings (SSSR count). The number of hydrogen-bond donors (Lipinski definition) is 2. The molecule has 0 saturated heterocycles. The smallest absolute Gasteiger partial charge is 0.191 e. The third kappa shape index (κ3) is 5.74. The predicted octanol–water partition coefficient (Wildman–Crippen LogP) is 3.34. The van der Waals surface area contributed by atoms with Gasteiger partial charge in [-0.15, -0.1) is 11.3 Å². The van der Waals surface area contributed by atoms with Crippen LogP contribution in [0.25, 0.3) is 0 Å². The van der Waals surface area contributed by atoms with Crippen molar-refractivity contribution in [1.29, 1.82) is 0 Å². The second-order valence-electron chi connectivity index (χ2n) is 6.11. The van der Waals surface area contributed by atoms with Crippen LogP contribution in [0.15, 0.2) is 35.3 Å². The summed E-state index contributed by atoms with van der Waals surface area (Å²) in [6, 6.07) is 10.8. The summed E-state index contributed by atoms with van der Waals surface area (Å²) in [7, 11) is 2.12. The van der Waals surface area contributed by atoms with E-state index in [1.54, 1.807) is 11.3 Å². The zero-order chi connectivity index (χ0) is 18.2. The van der Waals surface area contributed by atoms with Gasteiger partial charge in [-0.05, 0) is 39.8 Å². The van der Waals surface area contributed by atoms with Gasteiger partial charge in [0.15, 0.2) is 5.96 Å². The standard InChI is InChI=1S/C19H29N5S/c1-6-20-19(22-13-18-15(3)23-16(4)25-18)21-12-14(2)24(5)17-10-8-7-9-11-17/h7-11,14H,6,12-13H2,1-5H3,(H2,20,21,22). The van der Waals surface area contributed by atoms with Crippen molar-refractivity contribution < 1.29 is 0 Å². The van der Waals surface area contributed by atoms with E-state index in [-0.39, 0.29) is 0 Å². The van der Waals surface area contributed by atoms with Crippen LogP contribution in [0, 0.1) is 13.8 Å². The number of likely N-dealkylation sites (N-methyl/N-ethyl adjacent to an activating group) is 1. The molecule has 1 aromatic carbocycles. The first-order valence-corrected chi connectivity index (χ1v) is 9.55. The molecular formula is C19H29N5S. The molecule has 1 heterocycles. The number of guanidine groups is 1. The highest BCUT2D eigenvalue weighted by Crippen LogP contribution is 2.18. The molecule has 0 aliphatic rings. The van der Waals surface area contributed by atoms with Crippen LogP contribution in [0.3, 0.4) is 0 Å². The minimum absolute atomic E-state index is 0.346. The highest BCUT2D eigenvalue weighted by Gasteiger charge is 2.11. The maximum absolute atomic E-state index is 4.71. The third-order valence-corrected chi connectivity index (χ3v) is 5.17. The number of aromatic nitrogens is 1. The van der Waals surface area contributed by atoms with Crippen LogP contribution in [0.2, 0.25) is 0 Å². The van der Waals surface area contributed by atoms with Crippen LogP contribution >= 0.6 is 11.3 Å². The van der Waals surface area contributed by atoms with Crippen LogP contribution in [0.4, 0.5) is 5.69 Å². The summed E-state index contributed by atoms with van der Waals surface area (Å²) < 4.78 is 0. The molecule has 0 aliphatic heterocycles. The molecule has 2 aromatic rings. The van der Waals surface area contributed by atoms with Gasteiger partial charge < -0.3 is 15.5 Å². The van der Waals surface area contributed by atoms with Crippen molar-refractivity contribution in [3.63, 3.8) is 0 Å². The molecule has 6 heteroatoms. The predicted molar refractivity (Wildman–Crippen MR) is 109 cm³/mol. The zero-order valence-electron chi connectivity index (χ0n) is 15.8. The number of nitrogens with one attached hydrogen (secondary N) is 2. The van der Waals surface area contributed by atoms with Crippen molar-refractivity contribution in [3.05, 3.63) is 45.9 Å². The Morgan fingerprint density at radius 1 is 1.24 bits per heavy atom. The Kier molecular flexibility index (Phi) is 7.25. The fourth-order valence-electron chi connectivity index (χ4n) is 2.51. The van der Waals surface area contributed by atoms with Gasteiger partial charge in [-0.1, -0.05) is 18.2 Å². The fraction of sp³-hybridized carbons (Fsp3) is 0.474. The van der Waals surface area contributed by atoms with Gasteiger partial charge in [-0.25, -0.2) is 9.98 Å². The quantitative estimate of drug-likeness (QED) is 0.588. The molecule has 0 bridgehead atoms. The molecule has 0 amide bonds. The second kappa shape index (κ2) is 9.42. The summed E-state index contributed by atoms with van der Waals surface area (Å²) in [5.74, 6) is 0.848. The summed E-state index contributed by atoms with van der Waals surface area (Å²) >= 11 is 1.72. The van der Waals surface area contributed by atoms with Gasteiger partial charge in [0.1, 0.15) is 0 Å². The molecule has 1 unspecified atom stereocenters. The summed E-state index contributed by atoms with van der Waals surface area (Å²) in [6.45, 7) is 10.7. The molecular weight excluding hydrogens is 330 g/mol. The molecule has 0 saturated carbocycles. The second-order valence-corrected chi connectivity index (χ2v) is 7.40. The largest absolute Gasteiger partial charge is 0.370 e. The van der Waals surface area contributed by atoms with E-state index in [2.05, 4.69) is 65.7 Å². The molecule has 1 atom stereocenters. The van der Waals surface area contributed by atoms with E-state index < -0.39 is 0 Å². The molecule has 0 radical (unpaired) electrons. The van der Waals surface area contributed by atoms with E-state index in [4.69, 9.17) is 4.99 Å². The molecule has 0 spiro atoms. The first-order chi connectivity index (χ1) is 12.0. The average molecular weight is 360 g/mol. The van der Waals surface area contributed by atoms with Crippen molar-refractivity contribution in [3.8, 4) is 0 Å². The topological polar surface area (TPSA) is 52.6 Å². The number of aliphatic imine (C=N–C) groups is 1. The van der Waals surface area contributed by atoms with Crippen LogP contribution < -0.4 is 15.5 Å². The number of thiazole rings is 1. The lowest BCUT2D eigenvalue weighted by molar-refractivity contribution is 0.649. The highest BCUT2D eigenvalue weighted by molar-refractivity contribution is 7.11. The lowest BCUT2D eigenvalue weighted by Gasteiger charge is -2.27. The Bertz CT molecular complexity index is 680. The number of aryl methyl sites for hydroxylation is 2. The van der Waals surface area contributed by atoms with Gasteiger partial charge in [-0.3, -0.25) is 0 Å². The Balaban J connectivity index is 1.94. The van der Waals surface area contributed by atoms with Gasteiger partial charge in [0, 0.05) is 36.7 Å². The summed E-state index contributed by atoms with van der Waals surface area (Å²) in [4.78, 5) is 12.7. The SMILES string of the molecule is CCNC(=NCc1sc(C)nc1C)NCC(C)N(C)c1ccccc1. The van der Waals surface area contributed by atoms with E-state index in [1.165, 1.54) is 10.6 Å². The number of benzene rings is 1. The van der Waals surface area contributed by atoms with Crippen LogP contribution in [-0.2, 0) is 6.54 Å². The minimum atomic E-state index is 0.346. The number of nitrogens with zero attached hydrogens (tertiary/aromatic N) is 3. The Morgan fingerprint density at radius 2 is 1.96 bits per heavy atom. The fourth-order valence-corrected chi connectivity index (χ4v) is 3.37. The zero-order valence-corrected chi connectivity index (χ0v) is 16.7. The van der Waals surface area contributed by atoms with Crippen molar-refractivity contribution in [2.24, 2.45) is 4.99 Å². The van der Waals surface area contributed by atoms with Gasteiger partial charge in [0.05, 0.1) is 17.2 Å². The van der Waals surface area contributed by atoms with E-state index in [9.17, 15) is 0 Å². The molecule has 5 nitrogen and oxygen atoms in total. The maximum Gasteiger partial charge on any atom is 0.191 e. The molecule has 0 fully saturated rings. The summed E-state index contributed by atoms with van der Waals surface area (Å²) in [5.41, 5.74) is 2.30. The van der Waals surface area contributed by atoms with E-state index in [0.29, 0.717) is 12.6 Å². The first-order valence-electron chi connectivity index (χ1n) is 8.74. The molecule has 2 N–H and O–H groups in total. The maximum atomic E-state index is 4.71. The number of anilines is 1. The third-order valence-electron chi connectivity index (χ3n) is 4.11. The van der Waals surface area contributed by atoms with Crippen molar-refractivity contribution >= 4 is 23.0 Å². The number of rotatable bonds is 7. The lowest BCUT2D eigenvalue weighted by atomic mass is 10.2. The van der Waals surface area contributed by atoms with Gasteiger partial charge >= 0.3 is 0 Å². The van der Waals surface area contributed by atoms with Crippen molar-refractivity contribution in [2.75, 3.05) is 25.0 Å². The summed E-state index contributed by atoms with van der Waals surface area (Å²) in [5, 5.41) is 7.86. The van der Waals surface area contributed by atoms with Crippen LogP contribution in [-0.4, -0.2) is 37.1 Å². The normalized spacial score (nSPS) is 12.8. The van der Waals surface area contributed by atoms with E-state index in [0.717, 1.165) is 29.8 Å². The van der Waals surface area contributed by atoms with E-state index in [1.807, 2.05) is 19.9 Å². The number of hydrogen-bond acceptors (Lipinski definition) is 4. The van der Waals surface area contributed by atoms with Crippen LogP contribution in [0.1, 0.15) is 29.4 Å². The minimum Gasteiger partial charge on any atom is -0.370 e. The van der Waals surface area contributed by atoms with Gasteiger partial charge in [-0.2, -0.15) is 0 Å². The van der Waals surface area contributed by atoms with Gasteiger partial charge in [0.25, 0.3) is 0 Å². The van der Waals surface area contributed by atoms with E-state index >= 15 is 0 Å². The van der Waals surface area contributed by atoms with Gasteiger partial charge in [0.2, 0.25) is 0 Å². The monoisotopic (exact) mass is 359 g/mol. The molecule has 0 aliphatic carbocycles. The Morgan fingerprint density at radius 3 is 2.56 bits per heavy atom. The van der Waals surface area contributed by atoms with Crippen molar-refractivity contribution in [2.45, 2.75) is 40.3 Å². The number of para-hydroxylation sites is 1. The Hall–Kier alpha value is -2.08. The first kappa shape index (κ1) is 19.2. The highest BCUT2D eigenvalue weighted by atomic mass is 32.1. The Labute approximate surface area is 155 Å². The average Bonchev–Trinajstić information content (AvgIpc) is 2.94. The summed E-state index contributed by atoms with van der Waals surface area (Å²) in [6.07, 6.45) is 0.